The van der Waals surface area contributed by atoms with Crippen LogP contribution in [0.25, 0.3) is 0 Å². The van der Waals surface area contributed by atoms with E-state index >= 15 is 0 Å². The Morgan fingerprint density at radius 2 is 2.31 bits per heavy atom. The van der Waals surface area contributed by atoms with Crippen molar-refractivity contribution in [1.29, 1.82) is 0 Å². The minimum absolute atomic E-state index is 0.0548. The standard InChI is InChI=1S/C9H15N3O/c1-7-4-8(11-12(7)3)13-9(2)5-10-6-9/h4,10H,5-6H2,1-3H3. The third kappa shape index (κ3) is 1.54. The summed E-state index contributed by atoms with van der Waals surface area (Å²) in [6.45, 7) is 5.92. The molecule has 0 radical (unpaired) electrons. The van der Waals surface area contributed by atoms with Crippen LogP contribution in [-0.2, 0) is 7.05 Å². The quantitative estimate of drug-likeness (QED) is 0.721. The fraction of sp³-hybridized carbons (Fsp3) is 0.667. The van der Waals surface area contributed by atoms with Crippen LogP contribution in [0.15, 0.2) is 6.07 Å². The van der Waals surface area contributed by atoms with E-state index in [0.29, 0.717) is 0 Å². The molecule has 0 unspecified atom stereocenters. The van der Waals surface area contributed by atoms with Crippen molar-refractivity contribution in [3.8, 4) is 5.88 Å². The average Bonchev–Trinajstić information content (AvgIpc) is 2.28. The Balaban J connectivity index is 2.09. The van der Waals surface area contributed by atoms with Gasteiger partial charge in [-0.05, 0) is 13.8 Å². The van der Waals surface area contributed by atoms with Crippen LogP contribution in [0.4, 0.5) is 0 Å². The van der Waals surface area contributed by atoms with Crippen molar-refractivity contribution in [3.05, 3.63) is 11.8 Å². The largest absolute Gasteiger partial charge is 0.468 e. The van der Waals surface area contributed by atoms with Crippen LogP contribution in [0.1, 0.15) is 12.6 Å². The van der Waals surface area contributed by atoms with Crippen molar-refractivity contribution in [2.45, 2.75) is 19.4 Å². The molecule has 2 heterocycles. The van der Waals surface area contributed by atoms with Crippen LogP contribution in [-0.4, -0.2) is 28.5 Å². The molecule has 1 aromatic rings. The maximum absolute atomic E-state index is 5.74. The van der Waals surface area contributed by atoms with Crippen LogP contribution in [0.5, 0.6) is 5.88 Å². The Hall–Kier alpha value is -1.03. The molecular formula is C9H15N3O. The molecule has 1 aromatic heterocycles. The fourth-order valence-corrected chi connectivity index (χ4v) is 1.38. The lowest BCUT2D eigenvalue weighted by molar-refractivity contribution is 0.0299. The normalized spacial score (nSPS) is 19.6. The number of aryl methyl sites for hydroxylation is 2. The molecule has 72 valence electrons. The van der Waals surface area contributed by atoms with Crippen molar-refractivity contribution < 1.29 is 4.74 Å². The highest BCUT2D eigenvalue weighted by Gasteiger charge is 2.34. The van der Waals surface area contributed by atoms with Gasteiger partial charge in [0.2, 0.25) is 5.88 Å². The Kier molecular flexibility index (Phi) is 1.80. The number of hydrogen-bond donors (Lipinski definition) is 1. The third-order valence-corrected chi connectivity index (χ3v) is 2.44. The number of rotatable bonds is 2. The highest BCUT2D eigenvalue weighted by molar-refractivity contribution is 5.16. The van der Waals surface area contributed by atoms with E-state index in [9.17, 15) is 0 Å². The topological polar surface area (TPSA) is 39.1 Å². The van der Waals surface area contributed by atoms with E-state index in [1.807, 2.05) is 24.7 Å². The molecule has 1 aliphatic heterocycles. The first-order chi connectivity index (χ1) is 6.09. The van der Waals surface area contributed by atoms with Gasteiger partial charge in [0.1, 0.15) is 5.60 Å². The van der Waals surface area contributed by atoms with Gasteiger partial charge >= 0.3 is 0 Å². The highest BCUT2D eigenvalue weighted by Crippen LogP contribution is 2.20. The summed E-state index contributed by atoms with van der Waals surface area (Å²) in [5.74, 6) is 0.726. The van der Waals surface area contributed by atoms with E-state index in [-0.39, 0.29) is 5.60 Å². The van der Waals surface area contributed by atoms with Crippen LogP contribution in [0.2, 0.25) is 0 Å². The smallest absolute Gasteiger partial charge is 0.233 e. The molecular weight excluding hydrogens is 166 g/mol. The monoisotopic (exact) mass is 181 g/mol. The van der Waals surface area contributed by atoms with E-state index in [1.54, 1.807) is 0 Å². The van der Waals surface area contributed by atoms with E-state index in [2.05, 4.69) is 17.3 Å². The molecule has 0 saturated carbocycles. The van der Waals surface area contributed by atoms with Gasteiger partial charge in [0.25, 0.3) is 0 Å². The van der Waals surface area contributed by atoms with Gasteiger partial charge in [-0.1, -0.05) is 0 Å². The Bertz CT molecular complexity index is 295. The first-order valence-electron chi connectivity index (χ1n) is 4.49. The molecule has 0 aliphatic carbocycles. The zero-order valence-corrected chi connectivity index (χ0v) is 8.29. The molecule has 0 bridgehead atoms. The second-order valence-electron chi connectivity index (χ2n) is 3.90. The van der Waals surface area contributed by atoms with Crippen molar-refractivity contribution >= 4 is 0 Å². The molecule has 1 aliphatic rings. The number of hydrogen-bond acceptors (Lipinski definition) is 3. The van der Waals surface area contributed by atoms with Crippen molar-refractivity contribution in [3.63, 3.8) is 0 Å². The van der Waals surface area contributed by atoms with Crippen molar-refractivity contribution in [2.75, 3.05) is 13.1 Å². The van der Waals surface area contributed by atoms with E-state index < -0.39 is 0 Å². The molecule has 4 nitrogen and oxygen atoms in total. The van der Waals surface area contributed by atoms with Crippen molar-refractivity contribution in [1.82, 2.24) is 15.1 Å². The first kappa shape index (κ1) is 8.56. The number of nitrogens with one attached hydrogen (secondary N) is 1. The number of aromatic nitrogens is 2. The predicted molar refractivity (Wildman–Crippen MR) is 49.8 cm³/mol. The summed E-state index contributed by atoms with van der Waals surface area (Å²) >= 11 is 0. The summed E-state index contributed by atoms with van der Waals surface area (Å²) in [5.41, 5.74) is 1.06. The SMILES string of the molecule is Cc1cc(OC2(C)CNC2)nn1C. The molecule has 13 heavy (non-hydrogen) atoms. The van der Waals surface area contributed by atoms with Gasteiger partial charge in [-0.15, -0.1) is 5.10 Å². The van der Waals surface area contributed by atoms with Crippen LogP contribution in [0.3, 0.4) is 0 Å². The lowest BCUT2D eigenvalue weighted by Gasteiger charge is -2.38. The lowest BCUT2D eigenvalue weighted by atomic mass is 10.0. The van der Waals surface area contributed by atoms with E-state index in [4.69, 9.17) is 4.74 Å². The Morgan fingerprint density at radius 3 is 2.69 bits per heavy atom. The highest BCUT2D eigenvalue weighted by atomic mass is 16.5. The lowest BCUT2D eigenvalue weighted by Crippen LogP contribution is -2.61. The maximum Gasteiger partial charge on any atom is 0.233 e. The predicted octanol–water partition coefficient (Wildman–Crippen LogP) is 0.469. The molecule has 0 spiro atoms. The van der Waals surface area contributed by atoms with Crippen molar-refractivity contribution in [2.24, 2.45) is 7.05 Å². The summed E-state index contributed by atoms with van der Waals surface area (Å²) in [5, 5.41) is 7.43. The summed E-state index contributed by atoms with van der Waals surface area (Å²) in [6, 6.07) is 1.96. The maximum atomic E-state index is 5.74. The molecule has 1 N–H and O–H groups in total. The van der Waals surface area contributed by atoms with Crippen LogP contribution < -0.4 is 10.1 Å². The Morgan fingerprint density at radius 1 is 1.62 bits per heavy atom. The molecule has 0 aromatic carbocycles. The zero-order chi connectivity index (χ0) is 9.47. The van der Waals surface area contributed by atoms with Gasteiger partial charge in [0.15, 0.2) is 0 Å². The molecule has 1 saturated heterocycles. The fourth-order valence-electron chi connectivity index (χ4n) is 1.38. The average molecular weight is 181 g/mol. The molecule has 2 rings (SSSR count). The molecule has 1 fully saturated rings. The summed E-state index contributed by atoms with van der Waals surface area (Å²) in [7, 11) is 1.92. The molecule has 0 amide bonds. The van der Waals surface area contributed by atoms with Gasteiger partial charge in [0, 0.05) is 31.9 Å². The number of nitrogens with zero attached hydrogens (tertiary/aromatic N) is 2. The van der Waals surface area contributed by atoms with Gasteiger partial charge in [-0.25, -0.2) is 0 Å². The van der Waals surface area contributed by atoms with E-state index in [1.165, 1.54) is 0 Å². The van der Waals surface area contributed by atoms with Crippen LogP contribution in [0, 0.1) is 6.92 Å². The second-order valence-corrected chi connectivity index (χ2v) is 3.90. The van der Waals surface area contributed by atoms with Gasteiger partial charge in [0.05, 0.1) is 0 Å². The van der Waals surface area contributed by atoms with Gasteiger partial charge in [-0.3, -0.25) is 4.68 Å². The summed E-state index contributed by atoms with van der Waals surface area (Å²) < 4.78 is 7.57. The minimum atomic E-state index is -0.0548. The Labute approximate surface area is 77.9 Å². The first-order valence-corrected chi connectivity index (χ1v) is 4.49. The van der Waals surface area contributed by atoms with Gasteiger partial charge < -0.3 is 10.1 Å². The number of ether oxygens (including phenoxy) is 1. The van der Waals surface area contributed by atoms with E-state index in [0.717, 1.165) is 24.7 Å². The molecule has 0 atom stereocenters. The second kappa shape index (κ2) is 2.73. The summed E-state index contributed by atoms with van der Waals surface area (Å²) in [4.78, 5) is 0. The summed E-state index contributed by atoms with van der Waals surface area (Å²) in [6.07, 6.45) is 0. The minimum Gasteiger partial charge on any atom is -0.468 e. The zero-order valence-electron chi connectivity index (χ0n) is 8.29. The van der Waals surface area contributed by atoms with Crippen LogP contribution >= 0.6 is 0 Å². The molecule has 4 heteroatoms. The van der Waals surface area contributed by atoms with Gasteiger partial charge in [-0.2, -0.15) is 0 Å². The third-order valence-electron chi connectivity index (χ3n) is 2.44.